The number of nitro benzene ring substituents is 1. The van der Waals surface area contributed by atoms with E-state index in [1.54, 1.807) is 6.07 Å². The first-order valence-corrected chi connectivity index (χ1v) is 11.0. The molecule has 0 bridgehead atoms. The predicted molar refractivity (Wildman–Crippen MR) is 99.9 cm³/mol. The zero-order chi connectivity index (χ0) is 17.7. The van der Waals surface area contributed by atoms with Crippen molar-refractivity contribution in [3.63, 3.8) is 0 Å². The van der Waals surface area contributed by atoms with Crippen molar-refractivity contribution in [3.05, 3.63) is 33.9 Å². The Hall–Kier alpha value is -0.911. The Morgan fingerprint density at radius 3 is 2.58 bits per heavy atom. The number of fused-ring (bicyclic) bond motifs is 1. The molecule has 7 heteroatoms. The number of benzene rings is 1. The van der Waals surface area contributed by atoms with Gasteiger partial charge in [0.1, 0.15) is 0 Å². The Morgan fingerprint density at radius 2 is 1.92 bits per heavy atom. The van der Waals surface area contributed by atoms with Gasteiger partial charge in [-0.05, 0) is 0 Å². The van der Waals surface area contributed by atoms with E-state index in [1.807, 2.05) is 23.8 Å². The Bertz CT molecular complexity index is 622. The molecule has 1 aliphatic heterocycles. The van der Waals surface area contributed by atoms with Gasteiger partial charge in [-0.25, -0.2) is 0 Å². The molecule has 1 heterocycles. The molecule has 0 saturated carbocycles. The number of hydrogen-bond donors (Lipinski definition) is 0. The molecule has 1 aromatic carbocycles. The van der Waals surface area contributed by atoms with Crippen molar-refractivity contribution in [2.45, 2.75) is 57.9 Å². The van der Waals surface area contributed by atoms with Gasteiger partial charge >= 0.3 is 158 Å². The van der Waals surface area contributed by atoms with Gasteiger partial charge in [0.25, 0.3) is 0 Å². The summed E-state index contributed by atoms with van der Waals surface area (Å²) in [6.45, 7) is 3.97. The van der Waals surface area contributed by atoms with Crippen LogP contribution in [0.25, 0.3) is 0 Å². The van der Waals surface area contributed by atoms with Crippen molar-refractivity contribution in [3.8, 4) is 0 Å². The van der Waals surface area contributed by atoms with Crippen LogP contribution in [0.1, 0.15) is 57.9 Å². The van der Waals surface area contributed by atoms with Crippen LogP contribution in [0.3, 0.4) is 0 Å². The van der Waals surface area contributed by atoms with Crippen LogP contribution >= 0.6 is 15.9 Å². The second-order valence-corrected chi connectivity index (χ2v) is 9.25. The molecule has 1 aromatic rings. The second-order valence-electron chi connectivity index (χ2n) is 6.46. The van der Waals surface area contributed by atoms with E-state index in [9.17, 15) is 14.9 Å². The molecular formula is C17H23BrN2O3Se. The quantitative estimate of drug-likeness (QED) is 0.195. The topological polar surface area (TPSA) is 63.5 Å². The monoisotopic (exact) mass is 462 g/mol. The van der Waals surface area contributed by atoms with Crippen LogP contribution in [0.15, 0.2) is 18.2 Å². The van der Waals surface area contributed by atoms with Gasteiger partial charge in [0.05, 0.1) is 0 Å². The maximum absolute atomic E-state index is 12.7. The number of carbonyl (C=O) groups is 1. The zero-order valence-corrected chi connectivity index (χ0v) is 17.4. The second kappa shape index (κ2) is 8.45. The maximum atomic E-state index is 12.7. The first-order chi connectivity index (χ1) is 11.4. The summed E-state index contributed by atoms with van der Waals surface area (Å²) in [4.78, 5) is 23.6. The van der Waals surface area contributed by atoms with Gasteiger partial charge in [-0.2, -0.15) is 0 Å². The van der Waals surface area contributed by atoms with Gasteiger partial charge < -0.3 is 0 Å². The number of alkyl halides is 1. The molecule has 132 valence electrons. The van der Waals surface area contributed by atoms with Crippen molar-refractivity contribution in [1.29, 1.82) is 0 Å². The minimum absolute atomic E-state index is 0.117. The number of unbranched alkanes of at least 4 members (excludes halogenated alkanes) is 4. The van der Waals surface area contributed by atoms with Gasteiger partial charge in [-0.3, -0.25) is 0 Å². The molecule has 1 aliphatic rings. The Morgan fingerprint density at radius 1 is 1.25 bits per heavy atom. The Kier molecular flexibility index (Phi) is 6.84. The average molecular weight is 462 g/mol. The fourth-order valence-electron chi connectivity index (χ4n) is 2.93. The van der Waals surface area contributed by atoms with E-state index in [-0.39, 0.29) is 31.7 Å². The molecule has 0 saturated heterocycles. The van der Waals surface area contributed by atoms with Crippen LogP contribution in [-0.2, 0) is 10.3 Å². The normalized spacial score (nSPS) is 15.4. The molecule has 1 amide bonds. The molecule has 2 rings (SSSR count). The number of nitrogens with zero attached hydrogens (tertiary/aromatic N) is 2. The molecule has 24 heavy (non-hydrogen) atoms. The molecule has 0 aliphatic carbocycles. The summed E-state index contributed by atoms with van der Waals surface area (Å²) in [6.07, 6.45) is 6.00. The SMILES string of the molecule is CC1(C)c2cccc([N+](=O)[O-])c2[Se]N1C(=O)CCCCCCCBr. The van der Waals surface area contributed by atoms with Gasteiger partial charge in [-0.15, -0.1) is 0 Å². The molecular weight excluding hydrogens is 439 g/mol. The van der Waals surface area contributed by atoms with Crippen LogP contribution < -0.4 is 4.46 Å². The molecule has 0 fully saturated rings. The van der Waals surface area contributed by atoms with Crippen molar-refractivity contribution in [2.24, 2.45) is 0 Å². The summed E-state index contributed by atoms with van der Waals surface area (Å²) in [5.74, 6) is 0.117. The Labute approximate surface area is 157 Å². The summed E-state index contributed by atoms with van der Waals surface area (Å²) >= 11 is 3.10. The molecule has 0 atom stereocenters. The number of halogens is 1. The molecule has 0 unspecified atom stereocenters. The van der Waals surface area contributed by atoms with E-state index in [1.165, 1.54) is 18.9 Å². The first-order valence-electron chi connectivity index (χ1n) is 8.24. The fourth-order valence-corrected chi connectivity index (χ4v) is 6.16. The van der Waals surface area contributed by atoms with E-state index >= 15 is 0 Å². The third kappa shape index (κ3) is 4.19. The third-order valence-electron chi connectivity index (χ3n) is 4.29. The number of rotatable bonds is 8. The third-order valence-corrected chi connectivity index (χ3v) is 7.90. The van der Waals surface area contributed by atoms with Gasteiger partial charge in [0, 0.05) is 0 Å². The predicted octanol–water partition coefficient (Wildman–Crippen LogP) is 3.65. The van der Waals surface area contributed by atoms with E-state index in [2.05, 4.69) is 15.9 Å². The Balaban J connectivity index is 2.01. The summed E-state index contributed by atoms with van der Waals surface area (Å²) in [7, 11) is 0. The van der Waals surface area contributed by atoms with Crippen LogP contribution in [0.4, 0.5) is 5.69 Å². The van der Waals surface area contributed by atoms with E-state index in [4.69, 9.17) is 0 Å². The summed E-state index contributed by atoms with van der Waals surface area (Å²) < 4.78 is 2.60. The van der Waals surface area contributed by atoms with Crippen molar-refractivity contribution >= 4 is 47.2 Å². The van der Waals surface area contributed by atoms with Crippen molar-refractivity contribution < 1.29 is 9.72 Å². The molecule has 5 nitrogen and oxygen atoms in total. The van der Waals surface area contributed by atoms with E-state index < -0.39 is 5.54 Å². The number of amides is 1. The molecule has 0 N–H and O–H groups in total. The number of nitro groups is 1. The molecule has 0 aromatic heterocycles. The molecule has 0 spiro atoms. The zero-order valence-electron chi connectivity index (χ0n) is 14.1. The van der Waals surface area contributed by atoms with Crippen LogP contribution in [0, 0.1) is 10.1 Å². The number of carbonyl (C=O) groups excluding carboxylic acids is 1. The van der Waals surface area contributed by atoms with Crippen LogP contribution in [0.5, 0.6) is 0 Å². The van der Waals surface area contributed by atoms with E-state index in [0.29, 0.717) is 6.42 Å². The summed E-state index contributed by atoms with van der Waals surface area (Å²) in [5, 5.41) is 12.3. The van der Waals surface area contributed by atoms with E-state index in [0.717, 1.165) is 34.6 Å². The molecule has 0 radical (unpaired) electrons. The van der Waals surface area contributed by atoms with Gasteiger partial charge in [0.15, 0.2) is 0 Å². The van der Waals surface area contributed by atoms with Crippen molar-refractivity contribution in [1.82, 2.24) is 3.92 Å². The average Bonchev–Trinajstić information content (AvgIpc) is 2.82. The summed E-state index contributed by atoms with van der Waals surface area (Å²) in [6, 6.07) is 5.17. The van der Waals surface area contributed by atoms with Crippen LogP contribution in [-0.4, -0.2) is 35.3 Å². The van der Waals surface area contributed by atoms with Crippen LogP contribution in [0.2, 0.25) is 0 Å². The van der Waals surface area contributed by atoms with Crippen molar-refractivity contribution in [2.75, 3.05) is 5.33 Å². The van der Waals surface area contributed by atoms with Gasteiger partial charge in [0.2, 0.25) is 0 Å². The minimum atomic E-state index is -0.464. The fraction of sp³-hybridized carbons (Fsp3) is 0.588. The number of hydrogen-bond acceptors (Lipinski definition) is 3. The van der Waals surface area contributed by atoms with Gasteiger partial charge in [-0.1, -0.05) is 0 Å². The summed E-state index contributed by atoms with van der Waals surface area (Å²) in [5.41, 5.74) is 0.599. The standard InChI is InChI=1S/C17H23BrN2O3Se/c1-17(2)13-9-8-10-14(20(22)23)16(13)24-19(17)15(21)11-6-4-3-5-7-12-18/h8-10H,3-7,11-12H2,1-2H3. The first kappa shape index (κ1) is 19.4.